The summed E-state index contributed by atoms with van der Waals surface area (Å²) in [5.74, 6) is 0.378. The molecule has 0 aliphatic rings. The molecule has 5 heteroatoms. The summed E-state index contributed by atoms with van der Waals surface area (Å²) in [7, 11) is 1.58. The van der Waals surface area contributed by atoms with Crippen molar-refractivity contribution in [3.8, 4) is 5.75 Å². The quantitative estimate of drug-likeness (QED) is 0.887. The maximum atomic E-state index is 12.1. The van der Waals surface area contributed by atoms with Crippen molar-refractivity contribution in [1.82, 2.24) is 0 Å². The third-order valence-electron chi connectivity index (χ3n) is 3.29. The number of hydrogen-bond acceptors (Lipinski definition) is 3. The predicted molar refractivity (Wildman–Crippen MR) is 90.9 cm³/mol. The summed E-state index contributed by atoms with van der Waals surface area (Å²) in [5.41, 5.74) is 1.91. The standard InChI is InChI=1S/C18H20N2O3/c1-12(2)17(21)19-14-6-8-15(9-7-14)20-18(22)13-4-10-16(23-3)11-5-13/h4-12H,1-3H3,(H,19,21)(H,20,22). The Morgan fingerprint density at radius 2 is 1.39 bits per heavy atom. The lowest BCUT2D eigenvalue weighted by Gasteiger charge is -2.09. The number of rotatable bonds is 5. The van der Waals surface area contributed by atoms with Crippen LogP contribution in [0.1, 0.15) is 24.2 Å². The smallest absolute Gasteiger partial charge is 0.255 e. The Bertz CT molecular complexity index is 676. The van der Waals surface area contributed by atoms with Gasteiger partial charge in [0.2, 0.25) is 5.91 Å². The van der Waals surface area contributed by atoms with Gasteiger partial charge in [-0.1, -0.05) is 13.8 Å². The molecule has 0 bridgehead atoms. The molecule has 0 fully saturated rings. The van der Waals surface area contributed by atoms with Gasteiger partial charge >= 0.3 is 0 Å². The van der Waals surface area contributed by atoms with Crippen molar-refractivity contribution in [2.24, 2.45) is 5.92 Å². The van der Waals surface area contributed by atoms with Gasteiger partial charge in [0.15, 0.2) is 0 Å². The molecular weight excluding hydrogens is 292 g/mol. The lowest BCUT2D eigenvalue weighted by Crippen LogP contribution is -2.17. The molecule has 2 aromatic rings. The highest BCUT2D eigenvalue weighted by atomic mass is 16.5. The fraction of sp³-hybridized carbons (Fsp3) is 0.222. The van der Waals surface area contributed by atoms with Gasteiger partial charge in [-0.3, -0.25) is 9.59 Å². The van der Waals surface area contributed by atoms with Crippen molar-refractivity contribution in [3.05, 3.63) is 54.1 Å². The minimum Gasteiger partial charge on any atom is -0.497 e. The Hall–Kier alpha value is -2.82. The van der Waals surface area contributed by atoms with Crippen LogP contribution >= 0.6 is 0 Å². The molecule has 5 nitrogen and oxygen atoms in total. The van der Waals surface area contributed by atoms with Crippen molar-refractivity contribution < 1.29 is 14.3 Å². The van der Waals surface area contributed by atoms with Crippen LogP contribution in [0.2, 0.25) is 0 Å². The fourth-order valence-electron chi connectivity index (χ4n) is 1.87. The van der Waals surface area contributed by atoms with Crippen molar-refractivity contribution in [2.75, 3.05) is 17.7 Å². The van der Waals surface area contributed by atoms with Gasteiger partial charge < -0.3 is 15.4 Å². The third-order valence-corrected chi connectivity index (χ3v) is 3.29. The molecule has 2 amide bonds. The van der Waals surface area contributed by atoms with Crippen LogP contribution in [0.3, 0.4) is 0 Å². The Morgan fingerprint density at radius 3 is 1.87 bits per heavy atom. The SMILES string of the molecule is COc1ccc(C(=O)Nc2ccc(NC(=O)C(C)C)cc2)cc1. The number of hydrogen-bond donors (Lipinski definition) is 2. The first-order valence-electron chi connectivity index (χ1n) is 7.36. The maximum Gasteiger partial charge on any atom is 0.255 e. The van der Waals surface area contributed by atoms with Crippen molar-refractivity contribution in [3.63, 3.8) is 0 Å². The molecular formula is C18H20N2O3. The molecule has 120 valence electrons. The zero-order chi connectivity index (χ0) is 16.8. The van der Waals surface area contributed by atoms with Crippen LogP contribution in [0.15, 0.2) is 48.5 Å². The van der Waals surface area contributed by atoms with Crippen LogP contribution in [0.5, 0.6) is 5.75 Å². The van der Waals surface area contributed by atoms with E-state index < -0.39 is 0 Å². The Labute approximate surface area is 135 Å². The van der Waals surface area contributed by atoms with E-state index in [-0.39, 0.29) is 17.7 Å². The molecule has 0 saturated heterocycles. The van der Waals surface area contributed by atoms with Crippen LogP contribution in [0.4, 0.5) is 11.4 Å². The van der Waals surface area contributed by atoms with Crippen molar-refractivity contribution in [1.29, 1.82) is 0 Å². The monoisotopic (exact) mass is 312 g/mol. The largest absolute Gasteiger partial charge is 0.497 e. The first kappa shape index (κ1) is 16.5. The highest BCUT2D eigenvalue weighted by Gasteiger charge is 2.08. The Kier molecular flexibility index (Phi) is 5.36. The van der Waals surface area contributed by atoms with Crippen LogP contribution < -0.4 is 15.4 Å². The molecule has 0 aliphatic heterocycles. The molecule has 0 saturated carbocycles. The minimum atomic E-state index is -0.202. The molecule has 0 aliphatic carbocycles. The topological polar surface area (TPSA) is 67.4 Å². The highest BCUT2D eigenvalue weighted by molar-refractivity contribution is 6.04. The number of methoxy groups -OCH3 is 1. The van der Waals surface area contributed by atoms with E-state index in [4.69, 9.17) is 4.74 Å². The lowest BCUT2D eigenvalue weighted by atomic mass is 10.2. The van der Waals surface area contributed by atoms with E-state index >= 15 is 0 Å². The minimum absolute atomic E-state index is 0.0416. The first-order chi connectivity index (χ1) is 11.0. The third kappa shape index (κ3) is 4.57. The van der Waals surface area contributed by atoms with E-state index in [9.17, 15) is 9.59 Å². The normalized spacial score (nSPS) is 10.3. The van der Waals surface area contributed by atoms with Gasteiger partial charge in [-0.25, -0.2) is 0 Å². The van der Waals surface area contributed by atoms with Crippen molar-refractivity contribution in [2.45, 2.75) is 13.8 Å². The molecule has 0 unspecified atom stereocenters. The lowest BCUT2D eigenvalue weighted by molar-refractivity contribution is -0.118. The summed E-state index contributed by atoms with van der Waals surface area (Å²) in [5, 5.41) is 5.61. The second-order valence-electron chi connectivity index (χ2n) is 5.40. The fourth-order valence-corrected chi connectivity index (χ4v) is 1.87. The van der Waals surface area contributed by atoms with Crippen LogP contribution in [-0.2, 0) is 4.79 Å². The van der Waals surface area contributed by atoms with Crippen molar-refractivity contribution >= 4 is 23.2 Å². The number of amides is 2. The summed E-state index contributed by atoms with van der Waals surface area (Å²) >= 11 is 0. The van der Waals surface area contributed by atoms with Gasteiger partial charge in [0, 0.05) is 22.9 Å². The first-order valence-corrected chi connectivity index (χ1v) is 7.36. The maximum absolute atomic E-state index is 12.1. The van der Waals surface area contributed by atoms with E-state index in [1.54, 1.807) is 55.6 Å². The number of carbonyl (C=O) groups excluding carboxylic acids is 2. The molecule has 0 atom stereocenters. The van der Waals surface area contributed by atoms with Crippen LogP contribution in [-0.4, -0.2) is 18.9 Å². The van der Waals surface area contributed by atoms with E-state index in [1.807, 2.05) is 13.8 Å². The van der Waals surface area contributed by atoms with Gasteiger partial charge in [0.05, 0.1) is 7.11 Å². The van der Waals surface area contributed by atoms with Gasteiger partial charge in [-0.2, -0.15) is 0 Å². The molecule has 0 aromatic heterocycles. The number of carbonyl (C=O) groups is 2. The van der Waals surface area contributed by atoms with E-state index in [0.717, 1.165) is 0 Å². The summed E-state index contributed by atoms with van der Waals surface area (Å²) in [6.45, 7) is 3.66. The van der Waals surface area contributed by atoms with Crippen LogP contribution in [0, 0.1) is 5.92 Å². The van der Waals surface area contributed by atoms with E-state index in [0.29, 0.717) is 22.7 Å². The molecule has 0 spiro atoms. The number of benzene rings is 2. The number of ether oxygens (including phenoxy) is 1. The van der Waals surface area contributed by atoms with E-state index in [1.165, 1.54) is 0 Å². The average molecular weight is 312 g/mol. The Balaban J connectivity index is 1.99. The summed E-state index contributed by atoms with van der Waals surface area (Å²) in [4.78, 5) is 23.8. The zero-order valence-electron chi connectivity index (χ0n) is 13.4. The molecule has 0 heterocycles. The molecule has 0 radical (unpaired) electrons. The summed E-state index contributed by atoms with van der Waals surface area (Å²) in [6, 6.07) is 13.9. The number of anilines is 2. The van der Waals surface area contributed by atoms with Gasteiger partial charge in [0.1, 0.15) is 5.75 Å². The van der Waals surface area contributed by atoms with Crippen LogP contribution in [0.25, 0.3) is 0 Å². The molecule has 2 rings (SSSR count). The predicted octanol–water partition coefficient (Wildman–Crippen LogP) is 3.54. The van der Waals surface area contributed by atoms with Gasteiger partial charge in [-0.05, 0) is 48.5 Å². The number of nitrogens with one attached hydrogen (secondary N) is 2. The van der Waals surface area contributed by atoms with Gasteiger partial charge in [0.25, 0.3) is 5.91 Å². The molecule has 23 heavy (non-hydrogen) atoms. The summed E-state index contributed by atoms with van der Waals surface area (Å²) < 4.78 is 5.06. The Morgan fingerprint density at radius 1 is 0.870 bits per heavy atom. The van der Waals surface area contributed by atoms with Gasteiger partial charge in [-0.15, -0.1) is 0 Å². The van der Waals surface area contributed by atoms with E-state index in [2.05, 4.69) is 10.6 Å². The average Bonchev–Trinajstić information content (AvgIpc) is 2.56. The molecule has 2 aromatic carbocycles. The second kappa shape index (κ2) is 7.45. The summed E-state index contributed by atoms with van der Waals surface area (Å²) in [6.07, 6.45) is 0. The highest BCUT2D eigenvalue weighted by Crippen LogP contribution is 2.16. The zero-order valence-corrected chi connectivity index (χ0v) is 13.4. The second-order valence-corrected chi connectivity index (χ2v) is 5.40. The molecule has 2 N–H and O–H groups in total.